The molecule has 0 saturated carbocycles. The van der Waals surface area contributed by atoms with Crippen LogP contribution >= 0.6 is 0 Å². The van der Waals surface area contributed by atoms with Gasteiger partial charge < -0.3 is 10.2 Å². The Morgan fingerprint density at radius 1 is 1.42 bits per heavy atom. The normalized spacial score (nSPS) is 12.0. The molecule has 1 unspecified atom stereocenters. The van der Waals surface area contributed by atoms with Crippen molar-refractivity contribution >= 4 is 18.7 Å². The van der Waals surface area contributed by atoms with Gasteiger partial charge in [-0.15, -0.1) is 0 Å². The van der Waals surface area contributed by atoms with E-state index in [1.165, 1.54) is 0 Å². The summed E-state index contributed by atoms with van der Waals surface area (Å²) in [7, 11) is 0. The third kappa shape index (κ3) is 4.43. The molecular formula is C7H11NO4. The minimum absolute atomic E-state index is 0.0285. The molecular weight excluding hydrogens is 162 g/mol. The van der Waals surface area contributed by atoms with Crippen molar-refractivity contribution < 1.29 is 19.8 Å². The summed E-state index contributed by atoms with van der Waals surface area (Å²) in [5.41, 5.74) is 0. The molecule has 5 nitrogen and oxygen atoms in total. The van der Waals surface area contributed by atoms with Gasteiger partial charge in [-0.3, -0.25) is 9.79 Å². The quantitative estimate of drug-likeness (QED) is 0.569. The van der Waals surface area contributed by atoms with E-state index in [1.807, 2.05) is 0 Å². The first kappa shape index (κ1) is 10.6. The van der Waals surface area contributed by atoms with Crippen molar-refractivity contribution in [3.05, 3.63) is 0 Å². The van der Waals surface area contributed by atoms with Gasteiger partial charge in [0.05, 0.1) is 0 Å². The smallest absolute Gasteiger partial charge is 0.328 e. The van der Waals surface area contributed by atoms with Crippen molar-refractivity contribution in [3.63, 3.8) is 0 Å². The zero-order valence-corrected chi connectivity index (χ0v) is 6.56. The predicted molar refractivity (Wildman–Crippen MR) is 42.5 cm³/mol. The SMILES string of the molecule is C=NC(CCCC(=O)O)C(=O)O. The molecule has 0 bridgehead atoms. The number of carbonyl (C=O) groups is 2. The van der Waals surface area contributed by atoms with Crippen LogP contribution in [-0.2, 0) is 9.59 Å². The molecule has 68 valence electrons. The third-order valence-electron chi connectivity index (χ3n) is 1.37. The lowest BCUT2D eigenvalue weighted by molar-refractivity contribution is -0.140. The Balaban J connectivity index is 3.66. The summed E-state index contributed by atoms with van der Waals surface area (Å²) in [5, 5.41) is 16.7. The first-order valence-corrected chi connectivity index (χ1v) is 3.48. The van der Waals surface area contributed by atoms with Gasteiger partial charge in [0.1, 0.15) is 6.04 Å². The Labute approximate surface area is 69.7 Å². The highest BCUT2D eigenvalue weighted by molar-refractivity contribution is 5.74. The van der Waals surface area contributed by atoms with Crippen LogP contribution in [0.25, 0.3) is 0 Å². The van der Waals surface area contributed by atoms with Crippen LogP contribution in [0, 0.1) is 0 Å². The maximum absolute atomic E-state index is 10.3. The summed E-state index contributed by atoms with van der Waals surface area (Å²) in [6, 6.07) is -0.871. The molecule has 0 aliphatic heterocycles. The van der Waals surface area contributed by atoms with Crippen molar-refractivity contribution in [1.29, 1.82) is 0 Å². The molecule has 0 fully saturated rings. The van der Waals surface area contributed by atoms with Gasteiger partial charge >= 0.3 is 11.9 Å². The number of aliphatic imine (C=N–C) groups is 1. The number of aliphatic carboxylic acids is 2. The van der Waals surface area contributed by atoms with E-state index in [0.717, 1.165) is 0 Å². The van der Waals surface area contributed by atoms with E-state index in [0.29, 0.717) is 6.42 Å². The minimum atomic E-state index is -1.06. The fraction of sp³-hybridized carbons (Fsp3) is 0.571. The fourth-order valence-corrected chi connectivity index (χ4v) is 0.739. The van der Waals surface area contributed by atoms with Crippen LogP contribution in [0.3, 0.4) is 0 Å². The van der Waals surface area contributed by atoms with Crippen LogP contribution < -0.4 is 0 Å². The highest BCUT2D eigenvalue weighted by Gasteiger charge is 2.14. The molecule has 5 heteroatoms. The number of carboxylic acids is 2. The Hall–Kier alpha value is -1.39. The fourth-order valence-electron chi connectivity index (χ4n) is 0.739. The minimum Gasteiger partial charge on any atom is -0.481 e. The number of rotatable bonds is 6. The van der Waals surface area contributed by atoms with Gasteiger partial charge in [0.2, 0.25) is 0 Å². The summed E-state index contributed by atoms with van der Waals surface area (Å²) in [4.78, 5) is 23.7. The average molecular weight is 173 g/mol. The Morgan fingerprint density at radius 2 is 2.00 bits per heavy atom. The van der Waals surface area contributed by atoms with Crippen LogP contribution in [0.1, 0.15) is 19.3 Å². The molecule has 0 aromatic carbocycles. The average Bonchev–Trinajstić information content (AvgIpc) is 1.96. The maximum atomic E-state index is 10.3. The van der Waals surface area contributed by atoms with Gasteiger partial charge in [-0.2, -0.15) is 0 Å². The topological polar surface area (TPSA) is 87.0 Å². The van der Waals surface area contributed by atoms with Crippen molar-refractivity contribution in [2.75, 3.05) is 0 Å². The zero-order chi connectivity index (χ0) is 9.56. The summed E-state index contributed by atoms with van der Waals surface area (Å²) < 4.78 is 0. The van der Waals surface area contributed by atoms with Crippen molar-refractivity contribution in [1.82, 2.24) is 0 Å². The van der Waals surface area contributed by atoms with Crippen LogP contribution in [0.4, 0.5) is 0 Å². The predicted octanol–water partition coefficient (Wildman–Crippen LogP) is 0.395. The lowest BCUT2D eigenvalue weighted by Crippen LogP contribution is -2.17. The van der Waals surface area contributed by atoms with Gasteiger partial charge in [0.15, 0.2) is 0 Å². The Bertz CT molecular complexity index is 190. The van der Waals surface area contributed by atoms with Crippen molar-refractivity contribution in [3.8, 4) is 0 Å². The van der Waals surface area contributed by atoms with Gasteiger partial charge in [-0.05, 0) is 19.6 Å². The molecule has 0 heterocycles. The standard InChI is InChI=1S/C7H11NO4/c1-8-5(7(11)12)3-2-4-6(9)10/h5H,1-4H2,(H,9,10)(H,11,12). The van der Waals surface area contributed by atoms with Gasteiger partial charge in [-0.1, -0.05) is 0 Å². The summed E-state index contributed by atoms with van der Waals surface area (Å²) in [6.07, 6.45) is 0.510. The lowest BCUT2D eigenvalue weighted by atomic mass is 10.1. The first-order valence-electron chi connectivity index (χ1n) is 3.48. The largest absolute Gasteiger partial charge is 0.481 e. The second-order valence-corrected chi connectivity index (χ2v) is 2.32. The highest BCUT2D eigenvalue weighted by Crippen LogP contribution is 2.04. The van der Waals surface area contributed by atoms with Crippen LogP contribution in [-0.4, -0.2) is 34.9 Å². The van der Waals surface area contributed by atoms with E-state index < -0.39 is 18.0 Å². The summed E-state index contributed by atoms with van der Waals surface area (Å²) >= 11 is 0. The molecule has 0 aromatic heterocycles. The monoisotopic (exact) mass is 173 g/mol. The molecule has 0 amide bonds. The number of nitrogens with zero attached hydrogens (tertiary/aromatic N) is 1. The molecule has 2 N–H and O–H groups in total. The van der Waals surface area contributed by atoms with E-state index in [2.05, 4.69) is 11.7 Å². The van der Waals surface area contributed by atoms with Crippen LogP contribution in [0.2, 0.25) is 0 Å². The number of hydrogen-bond acceptors (Lipinski definition) is 3. The lowest BCUT2D eigenvalue weighted by Gasteiger charge is -2.03. The molecule has 1 atom stereocenters. The second kappa shape index (κ2) is 5.29. The number of carboxylic acid groups (broad SMARTS) is 2. The van der Waals surface area contributed by atoms with Crippen molar-refractivity contribution in [2.24, 2.45) is 4.99 Å². The third-order valence-corrected chi connectivity index (χ3v) is 1.37. The molecule has 0 aromatic rings. The summed E-state index contributed by atoms with van der Waals surface area (Å²) in [5.74, 6) is -1.99. The molecule has 0 aliphatic carbocycles. The van der Waals surface area contributed by atoms with E-state index in [9.17, 15) is 9.59 Å². The zero-order valence-electron chi connectivity index (χ0n) is 6.56. The molecule has 0 rings (SSSR count). The summed E-state index contributed by atoms with van der Waals surface area (Å²) in [6.45, 7) is 3.10. The second-order valence-electron chi connectivity index (χ2n) is 2.32. The molecule has 0 spiro atoms. The van der Waals surface area contributed by atoms with Gasteiger partial charge in [-0.25, -0.2) is 4.79 Å². The van der Waals surface area contributed by atoms with Crippen molar-refractivity contribution in [2.45, 2.75) is 25.3 Å². The van der Waals surface area contributed by atoms with E-state index in [4.69, 9.17) is 10.2 Å². The van der Waals surface area contributed by atoms with Crippen LogP contribution in [0.15, 0.2) is 4.99 Å². The van der Waals surface area contributed by atoms with E-state index >= 15 is 0 Å². The molecule has 0 radical (unpaired) electrons. The van der Waals surface area contributed by atoms with Gasteiger partial charge in [0, 0.05) is 6.42 Å². The molecule has 12 heavy (non-hydrogen) atoms. The van der Waals surface area contributed by atoms with Gasteiger partial charge in [0.25, 0.3) is 0 Å². The van der Waals surface area contributed by atoms with E-state index in [1.54, 1.807) is 0 Å². The Kier molecular flexibility index (Phi) is 4.67. The maximum Gasteiger partial charge on any atom is 0.328 e. The van der Waals surface area contributed by atoms with Crippen LogP contribution in [0.5, 0.6) is 0 Å². The van der Waals surface area contributed by atoms with E-state index in [-0.39, 0.29) is 12.8 Å². The first-order chi connectivity index (χ1) is 5.57. The molecule has 0 saturated heterocycles. The Morgan fingerprint density at radius 3 is 2.33 bits per heavy atom. The molecule has 0 aliphatic rings. The highest BCUT2D eigenvalue weighted by atomic mass is 16.4. The number of hydrogen-bond donors (Lipinski definition) is 2.